The third-order valence-electron chi connectivity index (χ3n) is 11.1. The Balaban J connectivity index is 2.18. The molecule has 0 aromatic carbocycles. The molecular formula is C45H90N2. The number of hydrogen-bond donors (Lipinski definition) is 0. The molecule has 2 heteroatoms. The monoisotopic (exact) mass is 659 g/mol. The molecule has 0 fully saturated rings. The maximum Gasteiger partial charge on any atom is 0.101 e. The number of unbranched alkanes of at least 4 members (excludes halogenated alkanes) is 33. The topological polar surface area (TPSA) is 6.48 Å². The highest BCUT2D eigenvalue weighted by Gasteiger charge is 2.24. The van der Waals surface area contributed by atoms with E-state index in [2.05, 4.69) is 43.0 Å². The van der Waals surface area contributed by atoms with Gasteiger partial charge in [0.15, 0.2) is 0 Å². The Kier molecular flexibility index (Phi) is 34.6. The van der Waals surface area contributed by atoms with Crippen LogP contribution in [-0.2, 0) is 0 Å². The van der Waals surface area contributed by atoms with Crippen LogP contribution in [0.3, 0.4) is 0 Å². The number of hydrogen-bond acceptors (Lipinski definition) is 2. The normalized spacial score (nSPS) is 14.7. The Morgan fingerprint density at radius 3 is 0.745 bits per heavy atom. The average Bonchev–Trinajstić information content (AvgIpc) is 3.47. The molecule has 1 unspecified atom stereocenters. The molecule has 47 heavy (non-hydrogen) atoms. The van der Waals surface area contributed by atoms with E-state index in [4.69, 9.17) is 0 Å². The van der Waals surface area contributed by atoms with Gasteiger partial charge >= 0.3 is 0 Å². The summed E-state index contributed by atoms with van der Waals surface area (Å²) >= 11 is 0. The third-order valence-corrected chi connectivity index (χ3v) is 11.1. The fourth-order valence-electron chi connectivity index (χ4n) is 7.78. The van der Waals surface area contributed by atoms with E-state index in [0.29, 0.717) is 6.17 Å². The highest BCUT2D eigenvalue weighted by Crippen LogP contribution is 2.24. The van der Waals surface area contributed by atoms with Crippen molar-refractivity contribution in [3.63, 3.8) is 0 Å². The summed E-state index contributed by atoms with van der Waals surface area (Å²) in [6.45, 7) is 9.49. The minimum atomic E-state index is 0.638. The van der Waals surface area contributed by atoms with Crippen molar-refractivity contribution >= 4 is 0 Å². The van der Waals surface area contributed by atoms with Crippen LogP contribution in [-0.4, -0.2) is 29.1 Å². The van der Waals surface area contributed by atoms with E-state index in [1.54, 1.807) is 0 Å². The first-order valence-electron chi connectivity index (χ1n) is 22.5. The van der Waals surface area contributed by atoms with Gasteiger partial charge in [0.05, 0.1) is 0 Å². The first-order chi connectivity index (χ1) is 23.3. The second-order valence-electron chi connectivity index (χ2n) is 15.7. The predicted octanol–water partition coefficient (Wildman–Crippen LogP) is 15.9. The van der Waals surface area contributed by atoms with Crippen LogP contribution in [0.2, 0.25) is 0 Å². The molecule has 0 aliphatic carbocycles. The van der Waals surface area contributed by atoms with E-state index < -0.39 is 0 Å². The molecule has 0 radical (unpaired) electrons. The summed E-state index contributed by atoms with van der Waals surface area (Å²) < 4.78 is 0. The van der Waals surface area contributed by atoms with E-state index >= 15 is 0 Å². The molecule has 1 heterocycles. The van der Waals surface area contributed by atoms with Gasteiger partial charge in [0.2, 0.25) is 0 Å². The molecular weight excluding hydrogens is 569 g/mol. The lowest BCUT2D eigenvalue weighted by molar-refractivity contribution is 0.135. The third kappa shape index (κ3) is 28.8. The van der Waals surface area contributed by atoms with Gasteiger partial charge in [-0.1, -0.05) is 233 Å². The summed E-state index contributed by atoms with van der Waals surface area (Å²) in [5.74, 6) is 0. The lowest BCUT2D eigenvalue weighted by atomic mass is 10.0. The number of rotatable bonds is 39. The van der Waals surface area contributed by atoms with Crippen LogP contribution in [0.4, 0.5) is 0 Å². The van der Waals surface area contributed by atoms with Crippen LogP contribution in [0, 0.1) is 0 Å². The minimum Gasteiger partial charge on any atom is -0.356 e. The Bertz CT molecular complexity index is 615. The summed E-state index contributed by atoms with van der Waals surface area (Å²) in [6.07, 6.45) is 58.9. The molecule has 0 spiro atoms. The van der Waals surface area contributed by atoms with E-state index in [9.17, 15) is 0 Å². The molecule has 0 amide bonds. The minimum absolute atomic E-state index is 0.638. The molecule has 2 nitrogen and oxygen atoms in total. The molecule has 1 aliphatic rings. The van der Waals surface area contributed by atoms with E-state index in [-0.39, 0.29) is 0 Å². The van der Waals surface area contributed by atoms with Gasteiger partial charge in [-0.15, -0.1) is 0 Å². The van der Waals surface area contributed by atoms with Crippen molar-refractivity contribution in [3.05, 3.63) is 12.4 Å². The summed E-state index contributed by atoms with van der Waals surface area (Å²) in [5.41, 5.74) is 0. The van der Waals surface area contributed by atoms with E-state index in [1.807, 2.05) is 0 Å². The summed E-state index contributed by atoms with van der Waals surface area (Å²) in [6, 6.07) is 0. The van der Waals surface area contributed by atoms with Crippen molar-refractivity contribution in [3.8, 4) is 0 Å². The maximum absolute atomic E-state index is 2.73. The second kappa shape index (κ2) is 36.6. The van der Waals surface area contributed by atoms with Crippen LogP contribution < -0.4 is 0 Å². The van der Waals surface area contributed by atoms with Crippen LogP contribution in [0.5, 0.6) is 0 Å². The molecule has 0 bridgehead atoms. The molecule has 0 saturated heterocycles. The van der Waals surface area contributed by atoms with Crippen molar-refractivity contribution in [1.29, 1.82) is 0 Å². The first-order valence-corrected chi connectivity index (χ1v) is 22.5. The van der Waals surface area contributed by atoms with Crippen molar-refractivity contribution in [2.75, 3.05) is 13.1 Å². The number of nitrogens with zero attached hydrogens (tertiary/aromatic N) is 2. The lowest BCUT2D eigenvalue weighted by Gasteiger charge is -2.33. The molecule has 1 rings (SSSR count). The second-order valence-corrected chi connectivity index (χ2v) is 15.7. The largest absolute Gasteiger partial charge is 0.356 e. The molecule has 0 aromatic heterocycles. The van der Waals surface area contributed by atoms with Crippen LogP contribution in [0.1, 0.15) is 258 Å². The van der Waals surface area contributed by atoms with Gasteiger partial charge in [-0.3, -0.25) is 0 Å². The molecule has 0 N–H and O–H groups in total. The Hall–Kier alpha value is -0.660. The Labute approximate surface area is 299 Å². The SMILES string of the molecule is CCCCCCCCCCCCCCCCCC1N(CCCCCCCCCC)C=CN1CCCCCCCCCCCCCCC. The van der Waals surface area contributed by atoms with Gasteiger partial charge in [-0.2, -0.15) is 0 Å². The zero-order valence-corrected chi connectivity index (χ0v) is 33.2. The Morgan fingerprint density at radius 2 is 0.489 bits per heavy atom. The van der Waals surface area contributed by atoms with Crippen molar-refractivity contribution in [1.82, 2.24) is 9.80 Å². The van der Waals surface area contributed by atoms with Gasteiger partial charge in [0.25, 0.3) is 0 Å². The van der Waals surface area contributed by atoms with Crippen molar-refractivity contribution in [2.45, 2.75) is 265 Å². The van der Waals surface area contributed by atoms with E-state index in [0.717, 1.165) is 0 Å². The fourth-order valence-corrected chi connectivity index (χ4v) is 7.78. The standard InChI is InChI=1S/C45H90N2/c1-4-7-10-13-16-19-21-23-24-25-27-29-31-34-37-40-45-46(41-38-35-32-18-15-12-9-6-3)43-44-47(45)42-39-36-33-30-28-26-22-20-17-14-11-8-5-2/h43-45H,4-42H2,1-3H3. The Morgan fingerprint density at radius 1 is 0.277 bits per heavy atom. The fraction of sp³-hybridized carbons (Fsp3) is 0.956. The highest BCUT2D eigenvalue weighted by atomic mass is 15.4. The van der Waals surface area contributed by atoms with Gasteiger partial charge in [0.1, 0.15) is 6.17 Å². The first kappa shape index (κ1) is 44.4. The van der Waals surface area contributed by atoms with Gasteiger partial charge < -0.3 is 9.80 Å². The molecule has 0 aromatic rings. The summed E-state index contributed by atoms with van der Waals surface area (Å²) in [5, 5.41) is 0. The molecule has 0 saturated carbocycles. The quantitative estimate of drug-likeness (QED) is 0.0606. The maximum atomic E-state index is 2.73. The van der Waals surface area contributed by atoms with Gasteiger partial charge in [0, 0.05) is 25.5 Å². The summed E-state index contributed by atoms with van der Waals surface area (Å²) in [4.78, 5) is 5.45. The van der Waals surface area contributed by atoms with Crippen LogP contribution >= 0.6 is 0 Å². The lowest BCUT2D eigenvalue weighted by Crippen LogP contribution is -2.39. The van der Waals surface area contributed by atoms with E-state index in [1.165, 1.54) is 251 Å². The predicted molar refractivity (Wildman–Crippen MR) is 214 cm³/mol. The van der Waals surface area contributed by atoms with Gasteiger partial charge in [-0.25, -0.2) is 0 Å². The summed E-state index contributed by atoms with van der Waals surface area (Å²) in [7, 11) is 0. The zero-order chi connectivity index (χ0) is 33.7. The van der Waals surface area contributed by atoms with Crippen molar-refractivity contribution in [2.24, 2.45) is 0 Å². The zero-order valence-electron chi connectivity index (χ0n) is 33.2. The van der Waals surface area contributed by atoms with Crippen LogP contribution in [0.15, 0.2) is 12.4 Å². The molecule has 1 aliphatic heterocycles. The molecule has 280 valence electrons. The van der Waals surface area contributed by atoms with Crippen molar-refractivity contribution < 1.29 is 0 Å². The average molecular weight is 659 g/mol. The smallest absolute Gasteiger partial charge is 0.101 e. The highest BCUT2D eigenvalue weighted by molar-refractivity contribution is 4.97. The van der Waals surface area contributed by atoms with Gasteiger partial charge in [-0.05, 0) is 25.7 Å². The van der Waals surface area contributed by atoms with Crippen LogP contribution in [0.25, 0.3) is 0 Å². The molecule has 1 atom stereocenters.